The fraction of sp³-hybridized carbons (Fsp3) is 0.522. The summed E-state index contributed by atoms with van der Waals surface area (Å²) in [6.45, 7) is 6.28. The Bertz CT molecular complexity index is 638. The highest BCUT2D eigenvalue weighted by Crippen LogP contribution is 2.52. The van der Waals surface area contributed by atoms with Crippen LogP contribution in [0.1, 0.15) is 55.2 Å². The van der Waals surface area contributed by atoms with Gasteiger partial charge in [0.25, 0.3) is 0 Å². The first-order valence-electron chi connectivity index (χ1n) is 9.76. The van der Waals surface area contributed by atoms with Crippen molar-refractivity contribution in [2.45, 2.75) is 59.3 Å². The third kappa shape index (κ3) is 4.42. The van der Waals surface area contributed by atoms with Gasteiger partial charge in [0.1, 0.15) is 0 Å². The van der Waals surface area contributed by atoms with E-state index in [9.17, 15) is 4.79 Å². The quantitative estimate of drug-likeness (QED) is 0.671. The highest BCUT2D eigenvalue weighted by atomic mass is 16.2. The van der Waals surface area contributed by atoms with Crippen LogP contribution in [0.2, 0.25) is 0 Å². The summed E-state index contributed by atoms with van der Waals surface area (Å²) in [6.07, 6.45) is 16.0. The molecular formula is C23H31NO. The Hall–Kier alpha value is -1.83. The minimum Gasteiger partial charge on any atom is -0.325 e. The molecule has 3 rings (SSSR count). The Labute approximate surface area is 152 Å². The van der Waals surface area contributed by atoms with Gasteiger partial charge >= 0.3 is 0 Å². The molecule has 0 bridgehead atoms. The van der Waals surface area contributed by atoms with Crippen LogP contribution < -0.4 is 5.32 Å². The number of aryl methyl sites for hydroxylation is 3. The van der Waals surface area contributed by atoms with Gasteiger partial charge in [0.15, 0.2) is 0 Å². The van der Waals surface area contributed by atoms with Gasteiger partial charge in [-0.2, -0.15) is 0 Å². The van der Waals surface area contributed by atoms with E-state index in [4.69, 9.17) is 0 Å². The molecule has 2 aliphatic carbocycles. The van der Waals surface area contributed by atoms with E-state index in [1.165, 1.54) is 5.56 Å². The smallest absolute Gasteiger partial charge is 0.228 e. The Kier molecular flexibility index (Phi) is 5.78. The van der Waals surface area contributed by atoms with Crippen molar-refractivity contribution in [3.8, 4) is 0 Å². The summed E-state index contributed by atoms with van der Waals surface area (Å²) in [5, 5.41) is 3.25. The average molecular weight is 338 g/mol. The van der Waals surface area contributed by atoms with Gasteiger partial charge < -0.3 is 5.32 Å². The van der Waals surface area contributed by atoms with Gasteiger partial charge in [0.05, 0.1) is 0 Å². The molecule has 1 aromatic carbocycles. The predicted octanol–water partition coefficient (Wildman–Crippen LogP) is 5.88. The molecule has 3 atom stereocenters. The van der Waals surface area contributed by atoms with Crippen LogP contribution in [0, 0.1) is 38.5 Å². The van der Waals surface area contributed by atoms with E-state index in [1.807, 2.05) is 0 Å². The molecule has 0 spiro atoms. The molecule has 0 heterocycles. The van der Waals surface area contributed by atoms with Crippen LogP contribution in [0.3, 0.4) is 0 Å². The van der Waals surface area contributed by atoms with Crippen LogP contribution >= 0.6 is 0 Å². The van der Waals surface area contributed by atoms with Gasteiger partial charge in [-0.3, -0.25) is 4.79 Å². The lowest BCUT2D eigenvalue weighted by atomic mass is 10.0. The predicted molar refractivity (Wildman–Crippen MR) is 106 cm³/mol. The summed E-state index contributed by atoms with van der Waals surface area (Å²) >= 11 is 0. The molecule has 1 amide bonds. The fourth-order valence-electron chi connectivity index (χ4n) is 4.45. The van der Waals surface area contributed by atoms with Gasteiger partial charge in [-0.15, -0.1) is 0 Å². The maximum Gasteiger partial charge on any atom is 0.228 e. The Balaban J connectivity index is 1.68. The Morgan fingerprint density at radius 1 is 0.840 bits per heavy atom. The van der Waals surface area contributed by atoms with Crippen LogP contribution in [0.25, 0.3) is 0 Å². The van der Waals surface area contributed by atoms with Crippen molar-refractivity contribution in [1.29, 1.82) is 0 Å². The molecule has 2 heteroatoms. The summed E-state index contributed by atoms with van der Waals surface area (Å²) in [5.41, 5.74) is 4.59. The number of rotatable bonds is 2. The highest BCUT2D eigenvalue weighted by molar-refractivity contribution is 5.96. The highest BCUT2D eigenvalue weighted by Gasteiger charge is 2.52. The topological polar surface area (TPSA) is 29.1 Å². The van der Waals surface area contributed by atoms with Crippen molar-refractivity contribution in [2.24, 2.45) is 17.8 Å². The van der Waals surface area contributed by atoms with Gasteiger partial charge in [-0.05, 0) is 82.3 Å². The summed E-state index contributed by atoms with van der Waals surface area (Å²) in [4.78, 5) is 12.9. The number of hydrogen-bond donors (Lipinski definition) is 1. The second-order valence-corrected chi connectivity index (χ2v) is 7.79. The normalized spacial score (nSPS) is 28.8. The van der Waals surface area contributed by atoms with Gasteiger partial charge in [0.2, 0.25) is 5.91 Å². The van der Waals surface area contributed by atoms with Gasteiger partial charge in [0, 0.05) is 11.6 Å². The molecule has 0 radical (unpaired) electrons. The zero-order valence-corrected chi connectivity index (χ0v) is 15.8. The maximum atomic E-state index is 12.9. The zero-order valence-electron chi connectivity index (χ0n) is 15.8. The number of benzene rings is 1. The summed E-state index contributed by atoms with van der Waals surface area (Å²) in [7, 11) is 0. The third-order valence-corrected chi connectivity index (χ3v) is 5.73. The first kappa shape index (κ1) is 18.0. The molecule has 0 aliphatic heterocycles. The van der Waals surface area contributed by atoms with Crippen molar-refractivity contribution in [1.82, 2.24) is 0 Å². The van der Waals surface area contributed by atoms with Crippen molar-refractivity contribution >= 4 is 11.6 Å². The van der Waals surface area contributed by atoms with E-state index in [1.54, 1.807) is 0 Å². The van der Waals surface area contributed by atoms with E-state index in [-0.39, 0.29) is 11.8 Å². The Morgan fingerprint density at radius 2 is 1.32 bits per heavy atom. The summed E-state index contributed by atoms with van der Waals surface area (Å²) < 4.78 is 0. The molecule has 1 aromatic rings. The molecular weight excluding hydrogens is 306 g/mol. The molecule has 134 valence electrons. The molecule has 1 N–H and O–H groups in total. The Morgan fingerprint density at radius 3 is 1.84 bits per heavy atom. The summed E-state index contributed by atoms with van der Waals surface area (Å²) in [6, 6.07) is 4.30. The maximum absolute atomic E-state index is 12.9. The number of carbonyl (C=O) groups excluding carboxylic acids is 1. The molecule has 1 unspecified atom stereocenters. The van der Waals surface area contributed by atoms with Gasteiger partial charge in [-0.1, -0.05) is 42.0 Å². The lowest BCUT2D eigenvalue weighted by Crippen LogP contribution is -2.17. The van der Waals surface area contributed by atoms with E-state index >= 15 is 0 Å². The van der Waals surface area contributed by atoms with Crippen LogP contribution in [-0.4, -0.2) is 5.91 Å². The lowest BCUT2D eigenvalue weighted by Gasteiger charge is -2.13. The molecule has 1 fully saturated rings. The minimum atomic E-state index is 0.197. The zero-order chi connectivity index (χ0) is 17.8. The average Bonchev–Trinajstić information content (AvgIpc) is 3.23. The van der Waals surface area contributed by atoms with Crippen molar-refractivity contribution in [3.63, 3.8) is 0 Å². The monoisotopic (exact) mass is 337 g/mol. The number of fused-ring (bicyclic) bond motifs is 1. The standard InChI is InChI=1S/C23H31NO/c1-16-14-17(2)22(18(3)15-16)24-23(25)21-19-12-10-8-6-4-5-7-9-11-13-20(19)21/h6-9,14-15,19-21H,4-5,10-13H2,1-3H3,(H,24,25)/b8-6-,9-7+/t19-,20-,21?/m1/s1. The van der Waals surface area contributed by atoms with E-state index < -0.39 is 0 Å². The molecule has 25 heavy (non-hydrogen) atoms. The molecule has 2 nitrogen and oxygen atoms in total. The third-order valence-electron chi connectivity index (χ3n) is 5.73. The SMILES string of the molecule is Cc1cc(C)c(NC(=O)C2[C@@H]3CC/C=C\CC/C=C/CC[C@@H]23)c(C)c1. The van der Waals surface area contributed by atoms with Crippen LogP contribution in [-0.2, 0) is 4.79 Å². The molecule has 0 saturated heterocycles. The second-order valence-electron chi connectivity index (χ2n) is 7.79. The lowest BCUT2D eigenvalue weighted by molar-refractivity contribution is -0.117. The first-order chi connectivity index (χ1) is 12.1. The minimum absolute atomic E-state index is 0.197. The van der Waals surface area contributed by atoms with Crippen molar-refractivity contribution in [3.05, 3.63) is 53.1 Å². The van der Waals surface area contributed by atoms with E-state index in [0.717, 1.165) is 55.3 Å². The summed E-state index contributed by atoms with van der Waals surface area (Å²) in [5.74, 6) is 1.54. The first-order valence-corrected chi connectivity index (χ1v) is 9.76. The largest absolute Gasteiger partial charge is 0.325 e. The van der Waals surface area contributed by atoms with Crippen LogP contribution in [0.5, 0.6) is 0 Å². The molecule has 2 aliphatic rings. The fourth-order valence-corrected chi connectivity index (χ4v) is 4.45. The van der Waals surface area contributed by atoms with Crippen LogP contribution in [0.4, 0.5) is 5.69 Å². The van der Waals surface area contributed by atoms with Crippen LogP contribution in [0.15, 0.2) is 36.4 Å². The van der Waals surface area contributed by atoms with Crippen molar-refractivity contribution in [2.75, 3.05) is 5.32 Å². The number of amides is 1. The van der Waals surface area contributed by atoms with E-state index in [2.05, 4.69) is 62.5 Å². The number of anilines is 1. The number of allylic oxidation sites excluding steroid dienone is 4. The number of carbonyl (C=O) groups is 1. The van der Waals surface area contributed by atoms with Crippen molar-refractivity contribution < 1.29 is 4.79 Å². The number of hydrogen-bond acceptors (Lipinski definition) is 1. The molecule has 1 saturated carbocycles. The molecule has 0 aromatic heterocycles. The van der Waals surface area contributed by atoms with Gasteiger partial charge in [-0.25, -0.2) is 0 Å². The number of nitrogens with one attached hydrogen (secondary N) is 1. The van der Waals surface area contributed by atoms with E-state index in [0.29, 0.717) is 11.8 Å². The second kappa shape index (κ2) is 8.03.